The van der Waals surface area contributed by atoms with Crippen LogP contribution in [0.4, 0.5) is 0 Å². The molecule has 0 aliphatic rings. The third-order valence-corrected chi connectivity index (χ3v) is 2.90. The van der Waals surface area contributed by atoms with Crippen LogP contribution >= 0.6 is 0 Å². The molecule has 2 aromatic carbocycles. The second-order valence-corrected chi connectivity index (χ2v) is 4.36. The number of hydrogen-bond acceptors (Lipinski definition) is 3. The highest BCUT2D eigenvalue weighted by molar-refractivity contribution is 6.35. The molecule has 1 atom stereocenters. The van der Waals surface area contributed by atoms with Crippen LogP contribution in [0.25, 0.3) is 5.53 Å². The predicted octanol–water partition coefficient (Wildman–Crippen LogP) is 2.13. The molecule has 5 heteroatoms. The Morgan fingerprint density at radius 3 is 2.24 bits per heavy atom. The molecule has 0 spiro atoms. The third kappa shape index (κ3) is 3.86. The van der Waals surface area contributed by atoms with Gasteiger partial charge in [-0.1, -0.05) is 60.7 Å². The zero-order valence-electron chi connectivity index (χ0n) is 11.2. The van der Waals surface area contributed by atoms with Crippen LogP contribution in [-0.4, -0.2) is 21.6 Å². The molecule has 1 unspecified atom stereocenters. The van der Waals surface area contributed by atoms with Crippen molar-refractivity contribution in [3.8, 4) is 0 Å². The molecule has 2 rings (SSSR count). The fourth-order valence-electron chi connectivity index (χ4n) is 1.80. The van der Waals surface area contributed by atoms with E-state index in [1.54, 1.807) is 42.5 Å². The lowest BCUT2D eigenvalue weighted by molar-refractivity contribution is -0.143. The molecule has 106 valence electrons. The van der Waals surface area contributed by atoms with Gasteiger partial charge in [0.1, 0.15) is 6.61 Å². The van der Waals surface area contributed by atoms with Gasteiger partial charge in [-0.25, -0.2) is 4.79 Å². The quantitative estimate of drug-likeness (QED) is 0.394. The summed E-state index contributed by atoms with van der Waals surface area (Å²) in [6.45, 7) is 0.0419. The van der Waals surface area contributed by atoms with Crippen LogP contribution in [0.15, 0.2) is 60.7 Å². The van der Waals surface area contributed by atoms with Crippen LogP contribution in [-0.2, 0) is 16.1 Å². The molecule has 0 saturated heterocycles. The Morgan fingerprint density at radius 2 is 1.67 bits per heavy atom. The first-order chi connectivity index (χ1) is 10.2. The molecule has 0 fully saturated rings. The summed E-state index contributed by atoms with van der Waals surface area (Å²) in [4.78, 5) is 14.8. The largest absolute Gasteiger partial charge is 0.452 e. The molecular weight excluding hydrogens is 268 g/mol. The minimum Gasteiger partial charge on any atom is -0.452 e. The van der Waals surface area contributed by atoms with Crippen molar-refractivity contribution in [2.45, 2.75) is 12.7 Å². The van der Waals surface area contributed by atoms with Gasteiger partial charge >= 0.3 is 11.7 Å². The van der Waals surface area contributed by atoms with Crippen molar-refractivity contribution in [3.05, 3.63) is 77.3 Å². The Bertz CT molecular complexity index is 650. The van der Waals surface area contributed by atoms with E-state index >= 15 is 0 Å². The van der Waals surface area contributed by atoms with Crippen molar-refractivity contribution >= 4 is 11.7 Å². The maximum Gasteiger partial charge on any atom is 0.420 e. The first-order valence-electron chi connectivity index (χ1n) is 6.38. The van der Waals surface area contributed by atoms with Gasteiger partial charge in [-0.3, -0.25) is 0 Å². The highest BCUT2D eigenvalue weighted by Crippen LogP contribution is 2.14. The molecule has 0 amide bonds. The van der Waals surface area contributed by atoms with Crippen LogP contribution in [0.1, 0.15) is 17.2 Å². The van der Waals surface area contributed by atoms with Crippen LogP contribution in [0.5, 0.6) is 0 Å². The minimum atomic E-state index is -1.33. The molecule has 0 aromatic heterocycles. The van der Waals surface area contributed by atoms with Crippen molar-refractivity contribution in [1.82, 2.24) is 0 Å². The molecule has 0 saturated carbocycles. The Balaban J connectivity index is 2.04. The number of aliphatic hydroxyl groups is 1. The average Bonchev–Trinajstić information content (AvgIpc) is 2.55. The van der Waals surface area contributed by atoms with Crippen molar-refractivity contribution in [2.24, 2.45) is 0 Å². The average molecular weight is 282 g/mol. The molecule has 1 N–H and O–H groups in total. The molecule has 2 aromatic rings. The lowest BCUT2D eigenvalue weighted by Crippen LogP contribution is -2.25. The van der Waals surface area contributed by atoms with Crippen molar-refractivity contribution in [3.63, 3.8) is 0 Å². The zero-order chi connectivity index (χ0) is 15.1. The second kappa shape index (κ2) is 7.14. The fraction of sp³-hybridized carbons (Fsp3) is 0.125. The third-order valence-electron chi connectivity index (χ3n) is 2.90. The van der Waals surface area contributed by atoms with Gasteiger partial charge in [-0.15, -0.1) is 0 Å². The molecule has 0 heterocycles. The van der Waals surface area contributed by atoms with Gasteiger partial charge < -0.3 is 15.4 Å². The summed E-state index contributed by atoms with van der Waals surface area (Å²) in [6, 6.07) is 17.6. The van der Waals surface area contributed by atoms with E-state index in [4.69, 9.17) is 10.3 Å². The highest BCUT2D eigenvalue weighted by Gasteiger charge is 2.32. The summed E-state index contributed by atoms with van der Waals surface area (Å²) in [6.07, 6.45) is -1.33. The van der Waals surface area contributed by atoms with E-state index in [9.17, 15) is 9.90 Å². The molecule has 0 aliphatic carbocycles. The van der Waals surface area contributed by atoms with Crippen molar-refractivity contribution < 1.29 is 19.4 Å². The molecule has 5 nitrogen and oxygen atoms in total. The number of hydrogen-bond donors (Lipinski definition) is 1. The lowest BCUT2D eigenvalue weighted by Gasteiger charge is -2.07. The van der Waals surface area contributed by atoms with Gasteiger partial charge in [0, 0.05) is 0 Å². The highest BCUT2D eigenvalue weighted by atomic mass is 16.5. The van der Waals surface area contributed by atoms with Gasteiger partial charge in [0.05, 0.1) is 0 Å². The van der Waals surface area contributed by atoms with Gasteiger partial charge in [-0.2, -0.15) is 4.79 Å². The van der Waals surface area contributed by atoms with Gasteiger partial charge in [0.15, 0.2) is 6.10 Å². The number of carbonyl (C=O) groups is 1. The van der Waals surface area contributed by atoms with E-state index in [1.165, 1.54) is 0 Å². The van der Waals surface area contributed by atoms with E-state index in [1.807, 2.05) is 18.2 Å². The Kier molecular flexibility index (Phi) is 4.99. The lowest BCUT2D eigenvalue weighted by atomic mass is 10.1. The topological polar surface area (TPSA) is 82.9 Å². The molecule has 0 bridgehead atoms. The molecule has 0 aliphatic heterocycles. The maximum absolute atomic E-state index is 11.9. The smallest absolute Gasteiger partial charge is 0.420 e. The summed E-state index contributed by atoms with van der Waals surface area (Å²) < 4.78 is 5.03. The summed E-state index contributed by atoms with van der Waals surface area (Å²) in [5.41, 5.74) is 9.75. The number of esters is 1. The number of carbonyl (C=O) groups excluding carboxylic acids is 1. The molecule has 21 heavy (non-hydrogen) atoms. The monoisotopic (exact) mass is 282 g/mol. The summed E-state index contributed by atoms with van der Waals surface area (Å²) >= 11 is 0. The Labute approximate surface area is 122 Å². The number of aliphatic hydroxyl groups excluding tert-OH is 1. The molecule has 0 radical (unpaired) electrons. The fourth-order valence-corrected chi connectivity index (χ4v) is 1.80. The summed E-state index contributed by atoms with van der Waals surface area (Å²) in [5, 5.41) is 10.1. The summed E-state index contributed by atoms with van der Waals surface area (Å²) in [7, 11) is 0. The van der Waals surface area contributed by atoms with E-state index in [0.29, 0.717) is 5.56 Å². The van der Waals surface area contributed by atoms with Gasteiger partial charge in [-0.05, 0) is 11.1 Å². The first-order valence-corrected chi connectivity index (χ1v) is 6.38. The Hall–Kier alpha value is -2.75. The van der Waals surface area contributed by atoms with Gasteiger partial charge in [0.25, 0.3) is 0 Å². The van der Waals surface area contributed by atoms with E-state index in [-0.39, 0.29) is 6.61 Å². The Morgan fingerprint density at radius 1 is 1.10 bits per heavy atom. The standard InChI is InChI=1S/C16H14N2O3/c17-18-14(15(19)13-9-5-2-6-10-13)16(20)21-11-12-7-3-1-4-8-12/h1-10,15,19H,11H2. The normalized spacial score (nSPS) is 11.3. The van der Waals surface area contributed by atoms with E-state index < -0.39 is 17.8 Å². The first kappa shape index (κ1) is 14.7. The maximum atomic E-state index is 11.9. The van der Waals surface area contributed by atoms with Crippen molar-refractivity contribution in [2.75, 3.05) is 0 Å². The summed E-state index contributed by atoms with van der Waals surface area (Å²) in [5.74, 6) is -0.863. The second-order valence-electron chi connectivity index (χ2n) is 4.36. The SMILES string of the molecule is [N-]=[N+]=C(C(=O)OCc1ccccc1)C(O)c1ccccc1. The van der Waals surface area contributed by atoms with Crippen LogP contribution < -0.4 is 0 Å². The van der Waals surface area contributed by atoms with E-state index in [2.05, 4.69) is 4.79 Å². The van der Waals surface area contributed by atoms with Gasteiger partial charge in [0.2, 0.25) is 0 Å². The zero-order valence-corrected chi connectivity index (χ0v) is 11.2. The predicted molar refractivity (Wildman–Crippen MR) is 76.3 cm³/mol. The number of rotatable bonds is 5. The molecular formula is C16H14N2O3. The number of nitrogens with zero attached hydrogens (tertiary/aromatic N) is 2. The van der Waals surface area contributed by atoms with Crippen molar-refractivity contribution in [1.29, 1.82) is 0 Å². The van der Waals surface area contributed by atoms with Crippen LogP contribution in [0, 0.1) is 0 Å². The number of ether oxygens (including phenoxy) is 1. The minimum absolute atomic E-state index is 0.0419. The van der Waals surface area contributed by atoms with Crippen LogP contribution in [0.3, 0.4) is 0 Å². The number of benzene rings is 2. The van der Waals surface area contributed by atoms with E-state index in [0.717, 1.165) is 5.56 Å². The van der Waals surface area contributed by atoms with Crippen LogP contribution in [0.2, 0.25) is 0 Å².